The van der Waals surface area contributed by atoms with Crippen molar-refractivity contribution in [2.45, 2.75) is 23.8 Å². The molecule has 92 valence electrons. The maximum Gasteiger partial charge on any atom is 0.339 e. The van der Waals surface area contributed by atoms with E-state index in [0.29, 0.717) is 5.56 Å². The van der Waals surface area contributed by atoms with Crippen LogP contribution in [0.4, 0.5) is 0 Å². The second-order valence-corrected chi connectivity index (χ2v) is 5.34. The van der Waals surface area contributed by atoms with Gasteiger partial charge in [-0.3, -0.25) is 0 Å². The van der Waals surface area contributed by atoms with Crippen molar-refractivity contribution in [2.24, 2.45) is 5.92 Å². The highest BCUT2D eigenvalue weighted by Gasteiger charge is 2.21. The van der Waals surface area contributed by atoms with E-state index in [2.05, 4.69) is 4.74 Å². The van der Waals surface area contributed by atoms with Crippen molar-refractivity contribution < 1.29 is 14.6 Å². The zero-order chi connectivity index (χ0) is 12.3. The van der Waals surface area contributed by atoms with Gasteiger partial charge in [-0.15, -0.1) is 11.8 Å². The number of thioether (sulfide) groups is 1. The maximum atomic E-state index is 11.1. The van der Waals surface area contributed by atoms with Crippen molar-refractivity contribution in [3.63, 3.8) is 0 Å². The van der Waals surface area contributed by atoms with Crippen LogP contribution in [0, 0.1) is 5.92 Å². The summed E-state index contributed by atoms with van der Waals surface area (Å²) in [5.41, 5.74) is 0.577. The molecule has 1 aromatic rings. The molecule has 1 unspecified atom stereocenters. The molecule has 2 rings (SSSR count). The van der Waals surface area contributed by atoms with Crippen molar-refractivity contribution in [1.29, 1.82) is 0 Å². The van der Waals surface area contributed by atoms with Crippen LogP contribution in [-0.2, 0) is 9.53 Å². The monoisotopic (exact) mass is 252 g/mol. The van der Waals surface area contributed by atoms with Gasteiger partial charge in [-0.2, -0.15) is 0 Å². The number of carbonyl (C=O) groups is 1. The first-order valence-corrected chi connectivity index (χ1v) is 6.68. The minimum absolute atomic E-state index is 0.577. The number of ether oxygens (including phenoxy) is 1. The summed E-state index contributed by atoms with van der Waals surface area (Å²) in [5, 5.41) is 9.63. The molecule has 1 fully saturated rings. The van der Waals surface area contributed by atoms with E-state index in [9.17, 15) is 9.90 Å². The fourth-order valence-electron chi connectivity index (χ4n) is 1.49. The highest BCUT2D eigenvalue weighted by Crippen LogP contribution is 2.35. The van der Waals surface area contributed by atoms with Gasteiger partial charge in [0.15, 0.2) is 6.10 Å². The smallest absolute Gasteiger partial charge is 0.339 e. The molecule has 1 aromatic carbocycles. The molecular formula is C13H16O3S. The topological polar surface area (TPSA) is 46.5 Å². The second-order valence-electron chi connectivity index (χ2n) is 4.25. The van der Waals surface area contributed by atoms with Gasteiger partial charge in [-0.1, -0.05) is 12.1 Å². The molecule has 1 aliphatic carbocycles. The predicted molar refractivity (Wildman–Crippen MR) is 66.9 cm³/mol. The van der Waals surface area contributed by atoms with Gasteiger partial charge in [0.25, 0.3) is 0 Å². The summed E-state index contributed by atoms with van der Waals surface area (Å²) in [6.45, 7) is 0. The number of esters is 1. The van der Waals surface area contributed by atoms with Crippen molar-refractivity contribution in [2.75, 3.05) is 12.9 Å². The van der Waals surface area contributed by atoms with Crippen LogP contribution in [0.5, 0.6) is 0 Å². The normalized spacial score (nSPS) is 16.6. The average molecular weight is 252 g/mol. The molecule has 3 nitrogen and oxygen atoms in total. The molecule has 17 heavy (non-hydrogen) atoms. The number of benzene rings is 1. The Bertz CT molecular complexity index is 384. The Labute approximate surface area is 105 Å². The Hall–Kier alpha value is -1.00. The summed E-state index contributed by atoms with van der Waals surface area (Å²) < 4.78 is 4.49. The summed E-state index contributed by atoms with van der Waals surface area (Å²) >= 11 is 1.83. The lowest BCUT2D eigenvalue weighted by molar-refractivity contribution is -0.150. The predicted octanol–water partition coefficient (Wildman–Crippen LogP) is 2.40. The van der Waals surface area contributed by atoms with E-state index in [-0.39, 0.29) is 0 Å². The third kappa shape index (κ3) is 3.48. The maximum absolute atomic E-state index is 11.1. The largest absolute Gasteiger partial charge is 0.467 e. The Balaban J connectivity index is 1.93. The number of methoxy groups -OCH3 is 1. The lowest BCUT2D eigenvalue weighted by atomic mass is 10.1. The average Bonchev–Trinajstić information content (AvgIpc) is 3.19. The molecule has 0 aliphatic heterocycles. The Morgan fingerprint density at radius 2 is 2.12 bits per heavy atom. The quantitative estimate of drug-likeness (QED) is 0.645. The van der Waals surface area contributed by atoms with Crippen LogP contribution in [0.2, 0.25) is 0 Å². The van der Waals surface area contributed by atoms with Gasteiger partial charge in [0.05, 0.1) is 7.11 Å². The molecule has 1 N–H and O–H groups in total. The Morgan fingerprint density at radius 3 is 2.65 bits per heavy atom. The molecule has 0 bridgehead atoms. The fraction of sp³-hybridized carbons (Fsp3) is 0.462. The van der Waals surface area contributed by atoms with Crippen LogP contribution >= 0.6 is 11.8 Å². The number of aliphatic hydroxyl groups is 1. The zero-order valence-electron chi connectivity index (χ0n) is 9.76. The minimum Gasteiger partial charge on any atom is -0.467 e. The molecule has 1 atom stereocenters. The summed E-state index contributed by atoms with van der Waals surface area (Å²) in [6, 6.07) is 7.43. The van der Waals surface area contributed by atoms with Gasteiger partial charge in [-0.25, -0.2) is 4.79 Å². The van der Waals surface area contributed by atoms with Crippen LogP contribution < -0.4 is 0 Å². The second kappa shape index (κ2) is 5.56. The molecule has 4 heteroatoms. The Kier molecular flexibility index (Phi) is 4.07. The van der Waals surface area contributed by atoms with E-state index in [1.807, 2.05) is 23.9 Å². The lowest BCUT2D eigenvalue weighted by Crippen LogP contribution is -2.13. The van der Waals surface area contributed by atoms with Gasteiger partial charge in [-0.05, 0) is 36.5 Å². The van der Waals surface area contributed by atoms with Gasteiger partial charge in [0.1, 0.15) is 0 Å². The van der Waals surface area contributed by atoms with Crippen LogP contribution in [0.3, 0.4) is 0 Å². The van der Waals surface area contributed by atoms with Crippen molar-refractivity contribution in [3.8, 4) is 0 Å². The van der Waals surface area contributed by atoms with Gasteiger partial charge < -0.3 is 9.84 Å². The van der Waals surface area contributed by atoms with Gasteiger partial charge >= 0.3 is 5.97 Å². The molecule has 0 spiro atoms. The van der Waals surface area contributed by atoms with Crippen molar-refractivity contribution in [1.82, 2.24) is 0 Å². The summed E-state index contributed by atoms with van der Waals surface area (Å²) in [4.78, 5) is 12.3. The molecule has 0 saturated heterocycles. The molecule has 0 heterocycles. The lowest BCUT2D eigenvalue weighted by Gasteiger charge is -2.09. The van der Waals surface area contributed by atoms with Crippen molar-refractivity contribution in [3.05, 3.63) is 29.8 Å². The third-order valence-corrected chi connectivity index (χ3v) is 4.05. The number of hydrogen-bond acceptors (Lipinski definition) is 4. The molecular weight excluding hydrogens is 236 g/mol. The molecule has 1 saturated carbocycles. The van der Waals surface area contributed by atoms with Crippen LogP contribution in [0.15, 0.2) is 29.2 Å². The van der Waals surface area contributed by atoms with Crippen molar-refractivity contribution >= 4 is 17.7 Å². The van der Waals surface area contributed by atoms with E-state index in [1.54, 1.807) is 12.1 Å². The summed E-state index contributed by atoms with van der Waals surface area (Å²) in [5.74, 6) is 1.43. The fourth-order valence-corrected chi connectivity index (χ4v) is 2.58. The number of carbonyl (C=O) groups excluding carboxylic acids is 1. The van der Waals surface area contributed by atoms with E-state index >= 15 is 0 Å². The first-order valence-electron chi connectivity index (χ1n) is 5.69. The van der Waals surface area contributed by atoms with E-state index < -0.39 is 12.1 Å². The standard InChI is InChI=1S/C13H16O3S/c1-16-13(15)12(14)10-4-6-11(7-5-10)17-8-9-2-3-9/h4-7,9,12,14H,2-3,8H2,1H3. The molecule has 0 amide bonds. The molecule has 1 aliphatic rings. The first kappa shape index (κ1) is 12.5. The van der Waals surface area contributed by atoms with Crippen LogP contribution in [0.25, 0.3) is 0 Å². The zero-order valence-corrected chi connectivity index (χ0v) is 10.6. The molecule has 0 aromatic heterocycles. The first-order chi connectivity index (χ1) is 8.20. The van der Waals surface area contributed by atoms with E-state index in [4.69, 9.17) is 0 Å². The number of aliphatic hydroxyl groups excluding tert-OH is 1. The third-order valence-electron chi connectivity index (χ3n) is 2.80. The van der Waals surface area contributed by atoms with E-state index in [0.717, 1.165) is 5.92 Å². The number of rotatable bonds is 5. The van der Waals surface area contributed by atoms with E-state index in [1.165, 1.54) is 30.6 Å². The van der Waals surface area contributed by atoms with Crippen LogP contribution in [0.1, 0.15) is 24.5 Å². The number of hydrogen-bond donors (Lipinski definition) is 1. The summed E-state index contributed by atoms with van der Waals surface area (Å²) in [7, 11) is 1.27. The van der Waals surface area contributed by atoms with Gasteiger partial charge in [0.2, 0.25) is 0 Å². The highest BCUT2D eigenvalue weighted by molar-refractivity contribution is 7.99. The Morgan fingerprint density at radius 1 is 1.47 bits per heavy atom. The highest BCUT2D eigenvalue weighted by atomic mass is 32.2. The summed E-state index contributed by atoms with van der Waals surface area (Å²) in [6.07, 6.45) is 1.53. The van der Waals surface area contributed by atoms with Crippen LogP contribution in [-0.4, -0.2) is 23.9 Å². The SMILES string of the molecule is COC(=O)C(O)c1ccc(SCC2CC2)cc1. The van der Waals surface area contributed by atoms with Gasteiger partial charge in [0, 0.05) is 10.6 Å². The minimum atomic E-state index is -1.18. The molecule has 0 radical (unpaired) electrons.